The summed E-state index contributed by atoms with van der Waals surface area (Å²) >= 11 is 0. The summed E-state index contributed by atoms with van der Waals surface area (Å²) in [5.41, 5.74) is 2.53. The molecule has 102 valence electrons. The van der Waals surface area contributed by atoms with E-state index in [1.54, 1.807) is 0 Å². The van der Waals surface area contributed by atoms with Gasteiger partial charge in [-0.1, -0.05) is 38.2 Å². The number of hydrogen-bond donors (Lipinski definition) is 1. The van der Waals surface area contributed by atoms with Crippen LogP contribution in [-0.2, 0) is 6.54 Å². The van der Waals surface area contributed by atoms with Crippen molar-refractivity contribution in [2.45, 2.75) is 57.5 Å². The zero-order valence-corrected chi connectivity index (χ0v) is 11.5. The molecule has 0 unspecified atom stereocenters. The van der Waals surface area contributed by atoms with Gasteiger partial charge in [-0.3, -0.25) is 0 Å². The molecule has 3 heteroatoms. The van der Waals surface area contributed by atoms with Gasteiger partial charge in [-0.2, -0.15) is 5.10 Å². The largest absolute Gasteiger partial charge is 0.310 e. The summed E-state index contributed by atoms with van der Waals surface area (Å²) in [6, 6.07) is 6.93. The molecule has 0 spiro atoms. The molecule has 1 aliphatic rings. The van der Waals surface area contributed by atoms with E-state index in [-0.39, 0.29) is 0 Å². The first-order valence-electron chi connectivity index (χ1n) is 7.58. The second-order valence-electron chi connectivity index (χ2n) is 5.62. The van der Waals surface area contributed by atoms with Gasteiger partial charge in [0.2, 0.25) is 0 Å². The number of hydrogen-bond acceptors (Lipinski definition) is 2. The quantitative estimate of drug-likeness (QED) is 0.911. The molecule has 0 radical (unpaired) electrons. The second-order valence-corrected chi connectivity index (χ2v) is 5.62. The lowest BCUT2D eigenvalue weighted by Gasteiger charge is -2.20. The zero-order chi connectivity index (χ0) is 12.9. The van der Waals surface area contributed by atoms with E-state index in [0.29, 0.717) is 6.04 Å². The van der Waals surface area contributed by atoms with E-state index in [4.69, 9.17) is 0 Å². The van der Waals surface area contributed by atoms with Crippen LogP contribution in [0.4, 0.5) is 0 Å². The smallest absolute Gasteiger partial charge is 0.0706 e. The number of aromatic nitrogens is 2. The van der Waals surface area contributed by atoms with Gasteiger partial charge in [0.15, 0.2) is 0 Å². The topological polar surface area (TPSA) is 29.3 Å². The summed E-state index contributed by atoms with van der Waals surface area (Å²) in [4.78, 5) is 0. The van der Waals surface area contributed by atoms with Crippen molar-refractivity contribution in [1.82, 2.24) is 14.9 Å². The van der Waals surface area contributed by atoms with Gasteiger partial charge in [-0.05, 0) is 25.0 Å². The lowest BCUT2D eigenvalue weighted by molar-refractivity contribution is 0.389. The van der Waals surface area contributed by atoms with Crippen LogP contribution in [0.1, 0.15) is 50.5 Å². The molecule has 0 aliphatic heterocycles. The van der Waals surface area contributed by atoms with Crippen molar-refractivity contribution < 1.29 is 0 Å². The Hall–Kier alpha value is -1.35. The summed E-state index contributed by atoms with van der Waals surface area (Å²) in [5, 5.41) is 8.12. The van der Waals surface area contributed by atoms with Crippen LogP contribution < -0.4 is 5.32 Å². The van der Waals surface area contributed by atoms with Gasteiger partial charge in [0.25, 0.3) is 0 Å². The lowest BCUT2D eigenvalue weighted by Crippen LogP contribution is -2.29. The fraction of sp³-hybridized carbons (Fsp3) is 0.562. The predicted molar refractivity (Wildman–Crippen MR) is 78.1 cm³/mol. The fourth-order valence-electron chi connectivity index (χ4n) is 3.04. The highest BCUT2D eigenvalue weighted by atomic mass is 15.2. The molecule has 0 atom stereocenters. The summed E-state index contributed by atoms with van der Waals surface area (Å²) in [6.07, 6.45) is 13.7. The summed E-state index contributed by atoms with van der Waals surface area (Å²) in [6.45, 7) is 0.943. The third kappa shape index (κ3) is 3.16. The average molecular weight is 257 g/mol. The van der Waals surface area contributed by atoms with Crippen LogP contribution in [0.5, 0.6) is 0 Å². The minimum absolute atomic E-state index is 0.693. The predicted octanol–water partition coefficient (Wildman–Crippen LogP) is 3.54. The molecule has 3 rings (SSSR count). The lowest BCUT2D eigenvalue weighted by atomic mass is 9.96. The molecule has 1 fully saturated rings. The third-order valence-corrected chi connectivity index (χ3v) is 4.19. The van der Waals surface area contributed by atoms with Crippen LogP contribution >= 0.6 is 0 Å². The SMILES string of the molecule is c1ccn2ncc(CNC3CCCCCCC3)c2c1. The molecule has 1 aliphatic carbocycles. The average Bonchev–Trinajstić information content (AvgIpc) is 2.81. The molecule has 0 amide bonds. The maximum atomic E-state index is 4.39. The van der Waals surface area contributed by atoms with E-state index < -0.39 is 0 Å². The van der Waals surface area contributed by atoms with Crippen LogP contribution in [0.2, 0.25) is 0 Å². The van der Waals surface area contributed by atoms with Gasteiger partial charge in [0, 0.05) is 24.3 Å². The van der Waals surface area contributed by atoms with Gasteiger partial charge in [-0.25, -0.2) is 4.52 Å². The maximum Gasteiger partial charge on any atom is 0.0706 e. The Morgan fingerprint density at radius 1 is 1.11 bits per heavy atom. The van der Waals surface area contributed by atoms with E-state index >= 15 is 0 Å². The molecule has 0 saturated heterocycles. The molecule has 2 heterocycles. The van der Waals surface area contributed by atoms with Gasteiger partial charge in [0.1, 0.15) is 0 Å². The minimum Gasteiger partial charge on any atom is -0.310 e. The molecule has 0 aromatic carbocycles. The van der Waals surface area contributed by atoms with Gasteiger partial charge >= 0.3 is 0 Å². The van der Waals surface area contributed by atoms with Crippen molar-refractivity contribution in [2.75, 3.05) is 0 Å². The van der Waals surface area contributed by atoms with Crippen molar-refractivity contribution in [3.63, 3.8) is 0 Å². The van der Waals surface area contributed by atoms with E-state index in [2.05, 4.69) is 22.5 Å². The van der Waals surface area contributed by atoms with Crippen LogP contribution in [0, 0.1) is 0 Å². The highest BCUT2D eigenvalue weighted by molar-refractivity contribution is 5.53. The Labute approximate surface area is 115 Å². The molecule has 1 saturated carbocycles. The maximum absolute atomic E-state index is 4.39. The molecule has 19 heavy (non-hydrogen) atoms. The number of pyridine rings is 1. The Bertz CT molecular complexity index is 509. The summed E-state index contributed by atoms with van der Waals surface area (Å²) < 4.78 is 1.95. The van der Waals surface area contributed by atoms with Crippen LogP contribution in [0.25, 0.3) is 5.52 Å². The monoisotopic (exact) mass is 257 g/mol. The third-order valence-electron chi connectivity index (χ3n) is 4.19. The number of fused-ring (bicyclic) bond motifs is 1. The highest BCUT2D eigenvalue weighted by Crippen LogP contribution is 2.18. The van der Waals surface area contributed by atoms with Crippen LogP contribution in [0.15, 0.2) is 30.6 Å². The van der Waals surface area contributed by atoms with Crippen LogP contribution in [-0.4, -0.2) is 15.7 Å². The highest BCUT2D eigenvalue weighted by Gasteiger charge is 2.11. The Morgan fingerprint density at radius 3 is 2.74 bits per heavy atom. The Balaban J connectivity index is 1.61. The number of nitrogens with zero attached hydrogens (tertiary/aromatic N) is 2. The first-order chi connectivity index (χ1) is 9.43. The molecule has 2 aromatic rings. The summed E-state index contributed by atoms with van der Waals surface area (Å²) in [7, 11) is 0. The van der Waals surface area contributed by atoms with E-state index in [9.17, 15) is 0 Å². The van der Waals surface area contributed by atoms with Crippen molar-refractivity contribution >= 4 is 5.52 Å². The van der Waals surface area contributed by atoms with Crippen LogP contribution in [0.3, 0.4) is 0 Å². The number of rotatable bonds is 3. The first kappa shape index (κ1) is 12.7. The minimum atomic E-state index is 0.693. The van der Waals surface area contributed by atoms with E-state index in [1.165, 1.54) is 56.0 Å². The van der Waals surface area contributed by atoms with Gasteiger partial charge < -0.3 is 5.32 Å². The van der Waals surface area contributed by atoms with Gasteiger partial charge in [-0.15, -0.1) is 0 Å². The second kappa shape index (κ2) is 6.20. The van der Waals surface area contributed by atoms with Gasteiger partial charge in [0.05, 0.1) is 11.7 Å². The van der Waals surface area contributed by atoms with Crippen molar-refractivity contribution in [3.8, 4) is 0 Å². The van der Waals surface area contributed by atoms with Crippen molar-refractivity contribution in [1.29, 1.82) is 0 Å². The van der Waals surface area contributed by atoms with E-state index in [0.717, 1.165) is 6.54 Å². The normalized spacial score (nSPS) is 18.3. The first-order valence-corrected chi connectivity index (χ1v) is 7.58. The molecule has 3 nitrogen and oxygen atoms in total. The zero-order valence-electron chi connectivity index (χ0n) is 11.5. The molecular weight excluding hydrogens is 234 g/mol. The molecular formula is C16H23N3. The Morgan fingerprint density at radius 2 is 1.89 bits per heavy atom. The summed E-state index contributed by atoms with van der Waals surface area (Å²) in [5.74, 6) is 0. The van der Waals surface area contributed by atoms with E-state index in [1.807, 2.05) is 23.0 Å². The van der Waals surface area contributed by atoms with Crippen molar-refractivity contribution in [3.05, 3.63) is 36.2 Å². The molecule has 2 aromatic heterocycles. The van der Waals surface area contributed by atoms with Crippen molar-refractivity contribution in [2.24, 2.45) is 0 Å². The molecule has 1 N–H and O–H groups in total. The fourth-order valence-corrected chi connectivity index (χ4v) is 3.04. The standard InChI is InChI=1S/C16H23N3/c1-2-4-8-15(9-5-3-1)17-12-14-13-18-19-11-7-6-10-16(14)19/h6-7,10-11,13,15,17H,1-5,8-9,12H2. The Kier molecular flexibility index (Phi) is 4.13. The number of nitrogens with one attached hydrogen (secondary N) is 1. The molecule has 0 bridgehead atoms.